The first-order valence-electron chi connectivity index (χ1n) is 4.21. The van der Waals surface area contributed by atoms with Crippen molar-refractivity contribution in [1.29, 1.82) is 0 Å². The van der Waals surface area contributed by atoms with Crippen LogP contribution in [-0.4, -0.2) is 35.2 Å². The van der Waals surface area contributed by atoms with Crippen LogP contribution < -0.4 is 5.73 Å². The summed E-state index contributed by atoms with van der Waals surface area (Å²) in [6, 6.07) is -0.227. The Bertz CT molecular complexity index is 396. The van der Waals surface area contributed by atoms with E-state index in [1.54, 1.807) is 6.92 Å². The highest BCUT2D eigenvalue weighted by atomic mass is 32.2. The smallest absolute Gasteiger partial charge is 0.166 e. The van der Waals surface area contributed by atoms with Gasteiger partial charge in [0.25, 0.3) is 0 Å². The van der Waals surface area contributed by atoms with E-state index in [0.717, 1.165) is 0 Å². The van der Waals surface area contributed by atoms with Crippen molar-refractivity contribution in [3.8, 4) is 0 Å². The summed E-state index contributed by atoms with van der Waals surface area (Å²) in [5.74, 6) is 0.591. The molecule has 80 valence electrons. The molecule has 0 aliphatic rings. The van der Waals surface area contributed by atoms with Crippen LogP contribution in [0.15, 0.2) is 6.33 Å². The lowest BCUT2D eigenvalue weighted by molar-refractivity contribution is 0.582. The number of sulfone groups is 1. The van der Waals surface area contributed by atoms with Gasteiger partial charge in [-0.25, -0.2) is 13.4 Å². The van der Waals surface area contributed by atoms with Crippen LogP contribution in [0.25, 0.3) is 0 Å². The van der Waals surface area contributed by atoms with E-state index in [9.17, 15) is 8.42 Å². The van der Waals surface area contributed by atoms with Crippen molar-refractivity contribution in [3.05, 3.63) is 12.2 Å². The predicted octanol–water partition coefficient (Wildman–Crippen LogP) is -0.658. The molecule has 0 saturated heterocycles. The van der Waals surface area contributed by atoms with E-state index in [-0.39, 0.29) is 11.8 Å². The summed E-state index contributed by atoms with van der Waals surface area (Å²) < 4.78 is 23.2. The zero-order valence-electron chi connectivity index (χ0n) is 8.21. The fraction of sp³-hybridized carbons (Fsp3) is 0.714. The van der Waals surface area contributed by atoms with Gasteiger partial charge in [0, 0.05) is 6.26 Å². The monoisotopic (exact) mass is 218 g/mol. The number of nitrogens with two attached hydrogens (primary N) is 1. The first-order valence-corrected chi connectivity index (χ1v) is 6.27. The summed E-state index contributed by atoms with van der Waals surface area (Å²) in [4.78, 5) is 3.95. The van der Waals surface area contributed by atoms with E-state index in [2.05, 4.69) is 10.1 Å². The van der Waals surface area contributed by atoms with Gasteiger partial charge >= 0.3 is 0 Å². The minimum atomic E-state index is -2.95. The lowest BCUT2D eigenvalue weighted by Gasteiger charge is -1.99. The Hall–Kier alpha value is -0.950. The number of aryl methyl sites for hydroxylation is 1. The molecule has 1 atom stereocenters. The lowest BCUT2D eigenvalue weighted by Crippen LogP contribution is -2.13. The summed E-state index contributed by atoms with van der Waals surface area (Å²) in [5, 5.41) is 4.03. The van der Waals surface area contributed by atoms with Crippen molar-refractivity contribution in [2.24, 2.45) is 5.73 Å². The van der Waals surface area contributed by atoms with Gasteiger partial charge in [0.05, 0.1) is 18.3 Å². The Morgan fingerprint density at radius 1 is 1.64 bits per heavy atom. The Kier molecular flexibility index (Phi) is 3.22. The predicted molar refractivity (Wildman–Crippen MR) is 52.3 cm³/mol. The summed E-state index contributed by atoms with van der Waals surface area (Å²) in [6.45, 7) is 2.09. The van der Waals surface area contributed by atoms with Crippen LogP contribution in [0.1, 0.15) is 18.8 Å². The quantitative estimate of drug-likeness (QED) is 0.724. The third-order valence-corrected chi connectivity index (χ3v) is 2.58. The second kappa shape index (κ2) is 4.05. The van der Waals surface area contributed by atoms with E-state index in [4.69, 9.17) is 5.73 Å². The largest absolute Gasteiger partial charge is 0.321 e. The van der Waals surface area contributed by atoms with Crippen LogP contribution in [0.3, 0.4) is 0 Å². The zero-order chi connectivity index (χ0) is 10.8. The van der Waals surface area contributed by atoms with Crippen LogP contribution in [-0.2, 0) is 16.4 Å². The molecule has 0 radical (unpaired) electrons. The molecule has 14 heavy (non-hydrogen) atoms. The van der Waals surface area contributed by atoms with Crippen LogP contribution >= 0.6 is 0 Å². The van der Waals surface area contributed by atoms with Crippen LogP contribution in [0.4, 0.5) is 0 Å². The number of hydrogen-bond donors (Lipinski definition) is 1. The standard InChI is InChI=1S/C7H14N4O2S/c1-6(8)7-9-5-11(10-7)3-4-14(2,12)13/h5-6H,3-4,8H2,1-2H3. The van der Waals surface area contributed by atoms with Gasteiger partial charge < -0.3 is 5.73 Å². The van der Waals surface area contributed by atoms with Crippen molar-refractivity contribution in [1.82, 2.24) is 14.8 Å². The summed E-state index contributed by atoms with van der Waals surface area (Å²) >= 11 is 0. The van der Waals surface area contributed by atoms with Crippen molar-refractivity contribution in [2.75, 3.05) is 12.0 Å². The lowest BCUT2D eigenvalue weighted by atomic mass is 10.4. The Morgan fingerprint density at radius 2 is 2.29 bits per heavy atom. The van der Waals surface area contributed by atoms with E-state index in [1.807, 2.05) is 0 Å². The van der Waals surface area contributed by atoms with E-state index in [0.29, 0.717) is 12.4 Å². The van der Waals surface area contributed by atoms with Gasteiger partial charge in [-0.15, -0.1) is 0 Å². The van der Waals surface area contributed by atoms with Gasteiger partial charge in [-0.1, -0.05) is 0 Å². The second-order valence-corrected chi connectivity index (χ2v) is 5.54. The van der Waals surface area contributed by atoms with Gasteiger partial charge in [0.2, 0.25) is 0 Å². The van der Waals surface area contributed by atoms with E-state index >= 15 is 0 Å². The molecule has 0 saturated carbocycles. The maximum Gasteiger partial charge on any atom is 0.166 e. The average molecular weight is 218 g/mol. The second-order valence-electron chi connectivity index (χ2n) is 3.28. The molecule has 1 aromatic heterocycles. The number of nitrogens with zero attached hydrogens (tertiary/aromatic N) is 3. The molecular weight excluding hydrogens is 204 g/mol. The van der Waals surface area contributed by atoms with Crippen LogP contribution in [0.2, 0.25) is 0 Å². The summed E-state index contributed by atoms with van der Waals surface area (Å²) in [5.41, 5.74) is 5.55. The fourth-order valence-corrected chi connectivity index (χ4v) is 1.40. The molecule has 1 heterocycles. The van der Waals surface area contributed by atoms with Crippen LogP contribution in [0, 0.1) is 0 Å². The highest BCUT2D eigenvalue weighted by molar-refractivity contribution is 7.90. The zero-order valence-corrected chi connectivity index (χ0v) is 9.03. The van der Waals surface area contributed by atoms with Crippen LogP contribution in [0.5, 0.6) is 0 Å². The molecule has 7 heteroatoms. The van der Waals surface area contributed by atoms with Crippen molar-refractivity contribution < 1.29 is 8.42 Å². The molecule has 0 aliphatic heterocycles. The SMILES string of the molecule is CC(N)c1ncn(CCS(C)(=O)=O)n1. The topological polar surface area (TPSA) is 90.9 Å². The summed E-state index contributed by atoms with van der Waals surface area (Å²) in [6.07, 6.45) is 2.68. The third-order valence-electron chi connectivity index (χ3n) is 1.65. The van der Waals surface area contributed by atoms with Crippen molar-refractivity contribution in [3.63, 3.8) is 0 Å². The Balaban J connectivity index is 2.61. The van der Waals surface area contributed by atoms with E-state index in [1.165, 1.54) is 17.3 Å². The molecule has 1 aromatic rings. The van der Waals surface area contributed by atoms with Gasteiger partial charge in [0.1, 0.15) is 16.2 Å². The molecule has 0 fully saturated rings. The normalized spacial score (nSPS) is 14.2. The highest BCUT2D eigenvalue weighted by Gasteiger charge is 2.07. The molecular formula is C7H14N4O2S. The minimum Gasteiger partial charge on any atom is -0.321 e. The first-order chi connectivity index (χ1) is 6.38. The number of rotatable bonds is 4. The first kappa shape index (κ1) is 11.1. The molecule has 0 spiro atoms. The number of hydrogen-bond acceptors (Lipinski definition) is 5. The molecule has 2 N–H and O–H groups in total. The maximum absolute atomic E-state index is 10.9. The molecule has 0 aromatic carbocycles. The molecule has 0 bridgehead atoms. The fourth-order valence-electron chi connectivity index (χ4n) is 0.885. The molecule has 1 rings (SSSR count). The van der Waals surface area contributed by atoms with Crippen molar-refractivity contribution in [2.45, 2.75) is 19.5 Å². The third kappa shape index (κ3) is 3.43. The Morgan fingerprint density at radius 3 is 2.71 bits per heavy atom. The maximum atomic E-state index is 10.9. The van der Waals surface area contributed by atoms with Gasteiger partial charge in [-0.3, -0.25) is 4.68 Å². The Labute approximate surface area is 83.0 Å². The van der Waals surface area contributed by atoms with Crippen molar-refractivity contribution >= 4 is 9.84 Å². The molecule has 6 nitrogen and oxygen atoms in total. The molecule has 1 unspecified atom stereocenters. The average Bonchev–Trinajstić information content (AvgIpc) is 2.47. The summed E-state index contributed by atoms with van der Waals surface area (Å²) in [7, 11) is -2.95. The van der Waals surface area contributed by atoms with Gasteiger partial charge in [-0.2, -0.15) is 5.10 Å². The van der Waals surface area contributed by atoms with E-state index < -0.39 is 9.84 Å². The van der Waals surface area contributed by atoms with Gasteiger partial charge in [0.15, 0.2) is 5.82 Å². The van der Waals surface area contributed by atoms with Gasteiger partial charge in [-0.05, 0) is 6.92 Å². The molecule has 0 aliphatic carbocycles. The minimum absolute atomic E-state index is 0.0642. The molecule has 0 amide bonds. The number of aromatic nitrogens is 3. The highest BCUT2D eigenvalue weighted by Crippen LogP contribution is 2.00.